The number of carbonyl (C=O) groups excluding carboxylic acids is 2. The third kappa shape index (κ3) is 4.42. The third-order valence-corrected chi connectivity index (χ3v) is 5.32. The molecule has 146 valence electrons. The largest absolute Gasteiger partial charge is 0.497 e. The van der Waals surface area contributed by atoms with Gasteiger partial charge < -0.3 is 25.4 Å². The number of fused-ring (bicyclic) bond motifs is 1. The Balaban J connectivity index is 1.48. The first-order valence-corrected chi connectivity index (χ1v) is 9.29. The molecule has 0 saturated carbocycles. The van der Waals surface area contributed by atoms with Crippen molar-refractivity contribution in [2.45, 2.75) is 25.4 Å². The fourth-order valence-electron chi connectivity index (χ4n) is 3.72. The quantitative estimate of drug-likeness (QED) is 0.698. The zero-order valence-corrected chi connectivity index (χ0v) is 15.8. The number of likely N-dealkylation sites (tertiary alicyclic amines) is 1. The average molecular weight is 373 g/mol. The van der Waals surface area contributed by atoms with Crippen LogP contribution < -0.4 is 15.4 Å². The number of aliphatic hydroxyl groups excluding tert-OH is 1. The zero-order chi connectivity index (χ0) is 19.4. The Morgan fingerprint density at radius 2 is 2.15 bits per heavy atom. The van der Waals surface area contributed by atoms with E-state index in [1.54, 1.807) is 19.1 Å². The highest BCUT2D eigenvalue weighted by Crippen LogP contribution is 2.32. The van der Waals surface area contributed by atoms with Crippen LogP contribution in [0.2, 0.25) is 0 Å². The van der Waals surface area contributed by atoms with Gasteiger partial charge in [0.15, 0.2) is 0 Å². The lowest BCUT2D eigenvalue weighted by Crippen LogP contribution is -2.39. The number of ether oxygens (including phenoxy) is 1. The molecule has 2 aliphatic rings. The van der Waals surface area contributed by atoms with E-state index < -0.39 is 6.10 Å². The number of carbonyl (C=O) groups is 2. The van der Waals surface area contributed by atoms with Crippen molar-refractivity contribution in [1.82, 2.24) is 15.5 Å². The summed E-state index contributed by atoms with van der Waals surface area (Å²) in [6.45, 7) is 1.17. The standard InChI is InChI=1S/C20H27N3O4/c1-21-19(25)9-15-11-23(12-18(15)24)20(26)22-8-7-14-4-3-13-5-6-16(27-2)10-17(13)14/h4-6,10,15,18,24H,3,7-9,11-12H2,1-2H3,(H,21,25)(H,22,26)/t15-,18-/m1/s1. The summed E-state index contributed by atoms with van der Waals surface area (Å²) in [6, 6.07) is 5.88. The maximum atomic E-state index is 12.4. The molecule has 0 spiro atoms. The molecule has 1 aromatic carbocycles. The van der Waals surface area contributed by atoms with Crippen molar-refractivity contribution in [1.29, 1.82) is 0 Å². The number of amides is 3. The minimum atomic E-state index is -0.662. The monoisotopic (exact) mass is 373 g/mol. The lowest BCUT2D eigenvalue weighted by Gasteiger charge is -2.17. The molecular weight excluding hydrogens is 346 g/mol. The van der Waals surface area contributed by atoms with Gasteiger partial charge in [-0.3, -0.25) is 4.79 Å². The molecule has 7 heteroatoms. The maximum Gasteiger partial charge on any atom is 0.317 e. The number of urea groups is 1. The Morgan fingerprint density at radius 3 is 2.89 bits per heavy atom. The van der Waals surface area contributed by atoms with Gasteiger partial charge in [-0.25, -0.2) is 4.79 Å². The predicted octanol–water partition coefficient (Wildman–Crippen LogP) is 1.16. The van der Waals surface area contributed by atoms with Gasteiger partial charge in [-0.2, -0.15) is 0 Å². The van der Waals surface area contributed by atoms with E-state index in [0.717, 1.165) is 18.6 Å². The Hall–Kier alpha value is -2.54. The van der Waals surface area contributed by atoms with E-state index in [1.165, 1.54) is 16.7 Å². The summed E-state index contributed by atoms with van der Waals surface area (Å²) in [4.78, 5) is 25.5. The summed E-state index contributed by atoms with van der Waals surface area (Å²) < 4.78 is 5.30. The number of allylic oxidation sites excluding steroid dienone is 1. The van der Waals surface area contributed by atoms with E-state index in [1.807, 2.05) is 12.1 Å². The number of nitrogens with zero attached hydrogens (tertiary/aromatic N) is 1. The topological polar surface area (TPSA) is 90.9 Å². The molecule has 1 heterocycles. The number of nitrogens with one attached hydrogen (secondary N) is 2. The molecule has 3 N–H and O–H groups in total. The second-order valence-electron chi connectivity index (χ2n) is 7.05. The highest BCUT2D eigenvalue weighted by molar-refractivity contribution is 5.78. The van der Waals surface area contributed by atoms with Crippen molar-refractivity contribution in [3.05, 3.63) is 35.4 Å². The molecule has 0 unspecified atom stereocenters. The maximum absolute atomic E-state index is 12.4. The van der Waals surface area contributed by atoms with E-state index in [9.17, 15) is 14.7 Å². The van der Waals surface area contributed by atoms with Gasteiger partial charge in [0, 0.05) is 39.0 Å². The van der Waals surface area contributed by atoms with Gasteiger partial charge in [0.25, 0.3) is 0 Å². The first-order chi connectivity index (χ1) is 13.0. The predicted molar refractivity (Wildman–Crippen MR) is 102 cm³/mol. The van der Waals surface area contributed by atoms with E-state index in [4.69, 9.17) is 4.74 Å². The normalized spacial score (nSPS) is 20.9. The number of aliphatic hydroxyl groups is 1. The first kappa shape index (κ1) is 19.2. The molecule has 1 saturated heterocycles. The van der Waals surface area contributed by atoms with Crippen LogP contribution in [0.15, 0.2) is 24.3 Å². The Labute approximate surface area is 159 Å². The third-order valence-electron chi connectivity index (χ3n) is 5.32. The van der Waals surface area contributed by atoms with Crippen LogP contribution >= 0.6 is 0 Å². The molecule has 3 amide bonds. The summed E-state index contributed by atoms with van der Waals surface area (Å²) in [7, 11) is 3.22. The summed E-state index contributed by atoms with van der Waals surface area (Å²) in [5, 5.41) is 15.6. The van der Waals surface area contributed by atoms with Gasteiger partial charge in [0.2, 0.25) is 5.91 Å². The van der Waals surface area contributed by atoms with Crippen molar-refractivity contribution < 1.29 is 19.4 Å². The molecule has 1 aliphatic heterocycles. The van der Waals surface area contributed by atoms with Crippen LogP contribution in [0.4, 0.5) is 4.79 Å². The van der Waals surface area contributed by atoms with Crippen LogP contribution in [-0.4, -0.2) is 61.8 Å². The molecule has 3 rings (SSSR count). The molecular formula is C20H27N3O4. The second-order valence-corrected chi connectivity index (χ2v) is 7.05. The summed E-state index contributed by atoms with van der Waals surface area (Å²) in [6.07, 6.45) is 3.40. The second kappa shape index (κ2) is 8.43. The van der Waals surface area contributed by atoms with E-state index in [0.29, 0.717) is 13.1 Å². The highest BCUT2D eigenvalue weighted by Gasteiger charge is 2.35. The van der Waals surface area contributed by atoms with Crippen molar-refractivity contribution in [2.75, 3.05) is 33.8 Å². The molecule has 0 aromatic heterocycles. The number of rotatable bonds is 6. The number of benzene rings is 1. The Kier molecular flexibility index (Phi) is 6.01. The van der Waals surface area contributed by atoms with Crippen LogP contribution in [0.1, 0.15) is 24.0 Å². The average Bonchev–Trinajstić information content (AvgIpc) is 3.24. The highest BCUT2D eigenvalue weighted by atomic mass is 16.5. The lowest BCUT2D eigenvalue weighted by molar-refractivity contribution is -0.122. The van der Waals surface area contributed by atoms with Gasteiger partial charge >= 0.3 is 6.03 Å². The zero-order valence-electron chi connectivity index (χ0n) is 15.8. The molecule has 1 aliphatic carbocycles. The van der Waals surface area contributed by atoms with Gasteiger partial charge in [-0.05, 0) is 41.7 Å². The number of β-amino-alcohol motifs (C(OH)–C–C–N with tert-alkyl or cyclic N) is 1. The molecule has 2 atom stereocenters. The van der Waals surface area contributed by atoms with Crippen molar-refractivity contribution in [3.63, 3.8) is 0 Å². The molecule has 0 bridgehead atoms. The molecule has 0 radical (unpaired) electrons. The van der Waals surface area contributed by atoms with Crippen molar-refractivity contribution in [3.8, 4) is 5.75 Å². The van der Waals surface area contributed by atoms with Crippen LogP contribution in [0.3, 0.4) is 0 Å². The van der Waals surface area contributed by atoms with E-state index in [2.05, 4.69) is 22.8 Å². The molecule has 1 fully saturated rings. The fourth-order valence-corrected chi connectivity index (χ4v) is 3.72. The molecule has 7 nitrogen and oxygen atoms in total. The summed E-state index contributed by atoms with van der Waals surface area (Å²) >= 11 is 0. The number of hydrogen-bond acceptors (Lipinski definition) is 4. The van der Waals surface area contributed by atoms with Crippen LogP contribution in [0.5, 0.6) is 5.75 Å². The smallest absolute Gasteiger partial charge is 0.317 e. The van der Waals surface area contributed by atoms with Gasteiger partial charge in [0.1, 0.15) is 5.75 Å². The number of methoxy groups -OCH3 is 1. The van der Waals surface area contributed by atoms with Crippen LogP contribution in [0, 0.1) is 5.92 Å². The lowest BCUT2D eigenvalue weighted by atomic mass is 10.0. The van der Waals surface area contributed by atoms with Gasteiger partial charge in [0.05, 0.1) is 13.2 Å². The van der Waals surface area contributed by atoms with E-state index in [-0.39, 0.29) is 30.8 Å². The van der Waals surface area contributed by atoms with Crippen molar-refractivity contribution in [2.24, 2.45) is 5.92 Å². The van der Waals surface area contributed by atoms with Gasteiger partial charge in [-0.15, -0.1) is 0 Å². The molecule has 27 heavy (non-hydrogen) atoms. The van der Waals surface area contributed by atoms with Gasteiger partial charge in [-0.1, -0.05) is 12.1 Å². The Morgan fingerprint density at radius 1 is 1.33 bits per heavy atom. The minimum absolute atomic E-state index is 0.122. The van der Waals surface area contributed by atoms with Crippen LogP contribution in [0.25, 0.3) is 5.57 Å². The van der Waals surface area contributed by atoms with Crippen LogP contribution in [-0.2, 0) is 11.2 Å². The first-order valence-electron chi connectivity index (χ1n) is 9.29. The fraction of sp³-hybridized carbons (Fsp3) is 0.500. The Bertz CT molecular complexity index is 747. The minimum Gasteiger partial charge on any atom is -0.497 e. The van der Waals surface area contributed by atoms with E-state index >= 15 is 0 Å². The summed E-state index contributed by atoms with van der Waals surface area (Å²) in [5.41, 5.74) is 3.67. The number of hydrogen-bond donors (Lipinski definition) is 3. The summed E-state index contributed by atoms with van der Waals surface area (Å²) in [5.74, 6) is 0.495. The van der Waals surface area contributed by atoms with Crippen molar-refractivity contribution >= 4 is 17.5 Å². The SMILES string of the molecule is CNC(=O)C[C@@H]1CN(C(=O)NCCC2=CCc3ccc(OC)cc32)C[C@H]1O. The molecule has 1 aromatic rings.